The van der Waals surface area contributed by atoms with Crippen molar-refractivity contribution in [2.24, 2.45) is 5.92 Å². The highest BCUT2D eigenvalue weighted by Gasteiger charge is 2.47. The number of nitrogens with one attached hydrogen (secondary N) is 2. The van der Waals surface area contributed by atoms with Gasteiger partial charge in [-0.05, 0) is 57.5 Å². The SMILES string of the molecule is Cl.O=C(O)NC1C[C@H]2CC[C@@H](C1)N2S(=O)(=O)CC1CCNCC1. The van der Waals surface area contributed by atoms with Crippen LogP contribution in [0.2, 0.25) is 0 Å². The fourth-order valence-electron chi connectivity index (χ4n) is 4.31. The number of amides is 1. The van der Waals surface area contributed by atoms with Crippen molar-refractivity contribution in [2.75, 3.05) is 18.8 Å². The lowest BCUT2D eigenvalue weighted by Gasteiger charge is -2.38. The first-order chi connectivity index (χ1) is 10.5. The van der Waals surface area contributed by atoms with Gasteiger partial charge < -0.3 is 15.7 Å². The van der Waals surface area contributed by atoms with Crippen LogP contribution < -0.4 is 10.6 Å². The molecule has 0 radical (unpaired) electrons. The molecule has 0 aromatic heterocycles. The molecule has 1 unspecified atom stereocenters. The minimum Gasteiger partial charge on any atom is -0.465 e. The Hall–Kier alpha value is -0.570. The van der Waals surface area contributed by atoms with Gasteiger partial charge in [-0.25, -0.2) is 13.2 Å². The second-order valence-corrected chi connectivity index (χ2v) is 8.72. The first-order valence-corrected chi connectivity index (χ1v) is 9.78. The van der Waals surface area contributed by atoms with Crippen molar-refractivity contribution in [3.63, 3.8) is 0 Å². The number of sulfonamides is 1. The molecule has 3 atom stereocenters. The average molecular weight is 368 g/mol. The van der Waals surface area contributed by atoms with Gasteiger partial charge in [0.2, 0.25) is 10.0 Å². The first-order valence-electron chi connectivity index (χ1n) is 8.17. The van der Waals surface area contributed by atoms with Gasteiger partial charge in [0.15, 0.2) is 0 Å². The van der Waals surface area contributed by atoms with Crippen LogP contribution in [0.15, 0.2) is 0 Å². The Bertz CT molecular complexity index is 510. The lowest BCUT2D eigenvalue weighted by Crippen LogP contribution is -2.53. The van der Waals surface area contributed by atoms with Gasteiger partial charge in [-0.15, -0.1) is 12.4 Å². The summed E-state index contributed by atoms with van der Waals surface area (Å²) in [7, 11) is -3.24. The van der Waals surface area contributed by atoms with E-state index in [1.165, 1.54) is 0 Å². The second-order valence-electron chi connectivity index (χ2n) is 6.80. The van der Waals surface area contributed by atoms with E-state index in [1.807, 2.05) is 0 Å². The number of carboxylic acid groups (broad SMARTS) is 1. The van der Waals surface area contributed by atoms with E-state index in [0.29, 0.717) is 12.8 Å². The van der Waals surface area contributed by atoms with Gasteiger partial charge in [0.25, 0.3) is 0 Å². The van der Waals surface area contributed by atoms with Gasteiger partial charge in [-0.3, -0.25) is 0 Å². The van der Waals surface area contributed by atoms with E-state index >= 15 is 0 Å². The fraction of sp³-hybridized carbons (Fsp3) is 0.929. The van der Waals surface area contributed by atoms with Crippen LogP contribution in [-0.2, 0) is 10.0 Å². The van der Waals surface area contributed by atoms with Gasteiger partial charge in [-0.2, -0.15) is 4.31 Å². The lowest BCUT2D eigenvalue weighted by atomic mass is 10.00. The molecular weight excluding hydrogens is 342 g/mol. The van der Waals surface area contributed by atoms with Gasteiger partial charge in [0, 0.05) is 18.1 Å². The van der Waals surface area contributed by atoms with E-state index in [4.69, 9.17) is 5.11 Å². The third kappa shape index (κ3) is 4.29. The Balaban J connectivity index is 0.00000192. The summed E-state index contributed by atoms with van der Waals surface area (Å²) < 4.78 is 27.3. The van der Waals surface area contributed by atoms with E-state index < -0.39 is 16.1 Å². The molecule has 3 saturated heterocycles. The number of fused-ring (bicyclic) bond motifs is 2. The van der Waals surface area contributed by atoms with Gasteiger partial charge in [0.1, 0.15) is 0 Å². The molecule has 0 saturated carbocycles. The Labute approximate surface area is 143 Å². The molecule has 0 aromatic rings. The number of hydrogen-bond acceptors (Lipinski definition) is 4. The molecule has 0 aliphatic carbocycles. The number of carbonyl (C=O) groups is 1. The van der Waals surface area contributed by atoms with Crippen molar-refractivity contribution in [3.8, 4) is 0 Å². The highest BCUT2D eigenvalue weighted by atomic mass is 35.5. The fourth-order valence-corrected chi connectivity index (χ4v) is 6.71. The molecule has 7 nitrogen and oxygen atoms in total. The maximum Gasteiger partial charge on any atom is 0.404 e. The molecule has 2 bridgehead atoms. The van der Waals surface area contributed by atoms with Crippen molar-refractivity contribution < 1.29 is 18.3 Å². The summed E-state index contributed by atoms with van der Waals surface area (Å²) in [6.07, 6.45) is 3.75. The normalized spacial score (nSPS) is 32.3. The predicted octanol–water partition coefficient (Wildman–Crippen LogP) is 1.00. The zero-order chi connectivity index (χ0) is 15.7. The van der Waals surface area contributed by atoms with Crippen molar-refractivity contribution in [1.82, 2.24) is 14.9 Å². The highest BCUT2D eigenvalue weighted by Crippen LogP contribution is 2.38. The maximum absolute atomic E-state index is 12.8. The van der Waals surface area contributed by atoms with Crippen LogP contribution in [0.25, 0.3) is 0 Å². The van der Waals surface area contributed by atoms with E-state index in [-0.39, 0.29) is 42.2 Å². The zero-order valence-corrected chi connectivity index (χ0v) is 14.7. The third-order valence-electron chi connectivity index (χ3n) is 5.22. The number of rotatable bonds is 4. The minimum absolute atomic E-state index is 0. The van der Waals surface area contributed by atoms with Crippen molar-refractivity contribution in [2.45, 2.75) is 56.7 Å². The second kappa shape index (κ2) is 7.55. The van der Waals surface area contributed by atoms with Crippen molar-refractivity contribution in [1.29, 1.82) is 0 Å². The van der Waals surface area contributed by atoms with Crippen LogP contribution in [-0.4, -0.2) is 60.9 Å². The molecule has 23 heavy (non-hydrogen) atoms. The number of nitrogens with zero attached hydrogens (tertiary/aromatic N) is 1. The number of hydrogen-bond donors (Lipinski definition) is 3. The summed E-state index contributed by atoms with van der Waals surface area (Å²) >= 11 is 0. The smallest absolute Gasteiger partial charge is 0.404 e. The van der Waals surface area contributed by atoms with Gasteiger partial charge in [0.05, 0.1) is 5.75 Å². The summed E-state index contributed by atoms with van der Waals surface area (Å²) in [5, 5.41) is 14.6. The molecule has 1 amide bonds. The summed E-state index contributed by atoms with van der Waals surface area (Å²) in [6.45, 7) is 1.80. The Kier molecular flexibility index (Phi) is 6.16. The van der Waals surface area contributed by atoms with E-state index in [1.54, 1.807) is 4.31 Å². The monoisotopic (exact) mass is 367 g/mol. The molecule has 9 heteroatoms. The maximum atomic E-state index is 12.8. The Morgan fingerprint density at radius 3 is 2.22 bits per heavy atom. The van der Waals surface area contributed by atoms with Crippen LogP contribution in [0.4, 0.5) is 4.79 Å². The lowest BCUT2D eigenvalue weighted by molar-refractivity contribution is 0.169. The summed E-state index contributed by atoms with van der Waals surface area (Å²) in [6, 6.07) is -0.162. The predicted molar refractivity (Wildman–Crippen MR) is 89.5 cm³/mol. The van der Waals surface area contributed by atoms with Crippen LogP contribution in [0.3, 0.4) is 0 Å². The molecule has 3 aliphatic heterocycles. The molecule has 0 spiro atoms. The average Bonchev–Trinajstić information content (AvgIpc) is 2.72. The third-order valence-corrected chi connectivity index (χ3v) is 7.35. The molecule has 134 valence electrons. The number of piperidine rings is 2. The standard InChI is InChI=1S/C14H25N3O4S.ClH/c18-14(19)16-11-7-12-1-2-13(8-11)17(12)22(20,21)9-10-3-5-15-6-4-10;/h10-13,15-16H,1-9H2,(H,18,19);1H/t11?,12-,13+;. The van der Waals surface area contributed by atoms with Crippen LogP contribution >= 0.6 is 12.4 Å². The van der Waals surface area contributed by atoms with E-state index in [2.05, 4.69) is 10.6 Å². The number of halogens is 1. The van der Waals surface area contributed by atoms with E-state index in [9.17, 15) is 13.2 Å². The van der Waals surface area contributed by atoms with Gasteiger partial charge >= 0.3 is 6.09 Å². The topological polar surface area (TPSA) is 98.7 Å². The molecule has 3 rings (SSSR count). The minimum atomic E-state index is -3.24. The molecule has 0 aromatic carbocycles. The summed E-state index contributed by atoms with van der Waals surface area (Å²) in [5.74, 6) is 0.499. The zero-order valence-electron chi connectivity index (χ0n) is 13.1. The van der Waals surface area contributed by atoms with Crippen LogP contribution in [0, 0.1) is 5.92 Å². The Morgan fingerprint density at radius 2 is 1.70 bits per heavy atom. The summed E-state index contributed by atoms with van der Waals surface area (Å²) in [5.41, 5.74) is 0. The van der Waals surface area contributed by atoms with E-state index in [0.717, 1.165) is 38.8 Å². The molecule has 3 N–H and O–H groups in total. The first kappa shape index (κ1) is 18.8. The molecule has 3 fully saturated rings. The largest absolute Gasteiger partial charge is 0.465 e. The van der Waals surface area contributed by atoms with Crippen molar-refractivity contribution in [3.05, 3.63) is 0 Å². The quantitative estimate of drug-likeness (QED) is 0.688. The van der Waals surface area contributed by atoms with Gasteiger partial charge in [-0.1, -0.05) is 0 Å². The Morgan fingerprint density at radius 1 is 1.13 bits per heavy atom. The molecular formula is C14H26ClN3O4S. The summed E-state index contributed by atoms with van der Waals surface area (Å²) in [4.78, 5) is 10.8. The molecule has 3 aliphatic rings. The molecule has 3 heterocycles. The van der Waals surface area contributed by atoms with Crippen LogP contribution in [0.5, 0.6) is 0 Å². The van der Waals surface area contributed by atoms with Crippen LogP contribution in [0.1, 0.15) is 38.5 Å². The van der Waals surface area contributed by atoms with Crippen molar-refractivity contribution >= 4 is 28.5 Å². The highest BCUT2D eigenvalue weighted by molar-refractivity contribution is 7.89.